The van der Waals surface area contributed by atoms with Gasteiger partial charge in [0.1, 0.15) is 0 Å². The summed E-state index contributed by atoms with van der Waals surface area (Å²) in [6.45, 7) is 5.28. The maximum Gasteiger partial charge on any atom is 0.159 e. The lowest BCUT2D eigenvalue weighted by molar-refractivity contribution is 0.506. The van der Waals surface area contributed by atoms with Gasteiger partial charge in [0.25, 0.3) is 0 Å². The first-order valence-corrected chi connectivity index (χ1v) is 6.27. The number of hydrogen-bond donors (Lipinski definition) is 1. The molecule has 0 spiro atoms. The lowest BCUT2D eigenvalue weighted by Gasteiger charge is -2.07. The zero-order valence-corrected chi connectivity index (χ0v) is 10.6. The van der Waals surface area contributed by atoms with Crippen LogP contribution in [0.25, 0.3) is 0 Å². The van der Waals surface area contributed by atoms with Crippen molar-refractivity contribution >= 4 is 0 Å². The minimum atomic E-state index is -0.769. The van der Waals surface area contributed by atoms with E-state index in [-0.39, 0.29) is 0 Å². The molecule has 0 aliphatic rings. The Morgan fingerprint density at radius 2 is 1.82 bits per heavy atom. The fourth-order valence-electron chi connectivity index (χ4n) is 1.72. The van der Waals surface area contributed by atoms with Crippen molar-refractivity contribution < 1.29 is 8.78 Å². The van der Waals surface area contributed by atoms with Crippen LogP contribution < -0.4 is 5.32 Å². The van der Waals surface area contributed by atoms with Crippen LogP contribution in [-0.2, 0) is 6.42 Å². The molecule has 3 heteroatoms. The lowest BCUT2D eigenvalue weighted by atomic mass is 10.1. The number of rotatable bonds is 7. The van der Waals surface area contributed by atoms with E-state index in [0.29, 0.717) is 6.04 Å². The Hall–Kier alpha value is -0.960. The van der Waals surface area contributed by atoms with Crippen LogP contribution in [0.1, 0.15) is 38.7 Å². The van der Waals surface area contributed by atoms with E-state index in [0.717, 1.165) is 37.8 Å². The molecule has 1 nitrogen and oxygen atoms in total. The van der Waals surface area contributed by atoms with Crippen molar-refractivity contribution in [3.8, 4) is 0 Å². The molecular formula is C14H21F2N. The first-order chi connectivity index (χ1) is 8.09. The summed E-state index contributed by atoms with van der Waals surface area (Å²) in [6.07, 6.45) is 4.07. The minimum Gasteiger partial charge on any atom is -0.315 e. The molecule has 17 heavy (non-hydrogen) atoms. The predicted molar refractivity (Wildman–Crippen MR) is 67.1 cm³/mol. The number of nitrogens with one attached hydrogen (secondary N) is 1. The Kier molecular flexibility index (Phi) is 6.12. The summed E-state index contributed by atoms with van der Waals surface area (Å²) in [5.74, 6) is -1.51. The molecule has 0 fully saturated rings. The monoisotopic (exact) mass is 241 g/mol. The third kappa shape index (κ3) is 5.78. The predicted octanol–water partition coefficient (Wildman–Crippen LogP) is 3.68. The molecule has 0 unspecified atom stereocenters. The van der Waals surface area contributed by atoms with E-state index in [1.165, 1.54) is 12.1 Å². The second-order valence-electron chi connectivity index (χ2n) is 4.67. The van der Waals surface area contributed by atoms with Crippen LogP contribution in [0.4, 0.5) is 8.78 Å². The maximum absolute atomic E-state index is 12.9. The maximum atomic E-state index is 12.9. The van der Waals surface area contributed by atoms with Crippen molar-refractivity contribution in [2.45, 2.75) is 45.6 Å². The molecule has 0 heterocycles. The van der Waals surface area contributed by atoms with Gasteiger partial charge >= 0.3 is 0 Å². The molecule has 0 saturated carbocycles. The van der Waals surface area contributed by atoms with Gasteiger partial charge in [0, 0.05) is 6.04 Å². The summed E-state index contributed by atoms with van der Waals surface area (Å²) < 4.78 is 25.6. The quantitative estimate of drug-likeness (QED) is 0.718. The molecule has 0 saturated heterocycles. The van der Waals surface area contributed by atoms with Gasteiger partial charge in [-0.2, -0.15) is 0 Å². The van der Waals surface area contributed by atoms with Crippen LogP contribution in [0.15, 0.2) is 18.2 Å². The highest BCUT2D eigenvalue weighted by Crippen LogP contribution is 2.11. The van der Waals surface area contributed by atoms with Gasteiger partial charge in [0.05, 0.1) is 0 Å². The second kappa shape index (κ2) is 7.38. The molecule has 0 amide bonds. The van der Waals surface area contributed by atoms with Gasteiger partial charge < -0.3 is 5.32 Å². The van der Waals surface area contributed by atoms with E-state index in [9.17, 15) is 8.78 Å². The summed E-state index contributed by atoms with van der Waals surface area (Å²) in [7, 11) is 0. The van der Waals surface area contributed by atoms with Crippen LogP contribution in [0.5, 0.6) is 0 Å². The van der Waals surface area contributed by atoms with Gasteiger partial charge in [-0.15, -0.1) is 0 Å². The average molecular weight is 241 g/mol. The van der Waals surface area contributed by atoms with Crippen LogP contribution >= 0.6 is 0 Å². The molecule has 1 rings (SSSR count). The minimum absolute atomic E-state index is 0.529. The first-order valence-electron chi connectivity index (χ1n) is 6.27. The molecule has 0 aliphatic carbocycles. The SMILES string of the molecule is CC(C)NCCCCCc1ccc(F)c(F)c1. The van der Waals surface area contributed by atoms with Crippen LogP contribution in [0, 0.1) is 11.6 Å². The Labute approximate surface area is 102 Å². The molecule has 0 radical (unpaired) electrons. The van der Waals surface area contributed by atoms with Crippen LogP contribution in [0.2, 0.25) is 0 Å². The molecule has 1 aromatic carbocycles. The van der Waals surface area contributed by atoms with Crippen molar-refractivity contribution in [1.82, 2.24) is 5.32 Å². The summed E-state index contributed by atoms with van der Waals surface area (Å²) in [6, 6.07) is 4.68. The van der Waals surface area contributed by atoms with Gasteiger partial charge in [0.15, 0.2) is 11.6 Å². The normalized spacial score (nSPS) is 11.1. The Balaban J connectivity index is 2.16. The van der Waals surface area contributed by atoms with E-state index in [4.69, 9.17) is 0 Å². The van der Waals surface area contributed by atoms with E-state index in [1.807, 2.05) is 0 Å². The Morgan fingerprint density at radius 3 is 2.47 bits per heavy atom. The first kappa shape index (κ1) is 14.1. The van der Waals surface area contributed by atoms with Gasteiger partial charge in [-0.05, 0) is 43.5 Å². The number of unbranched alkanes of at least 4 members (excludes halogenated alkanes) is 2. The third-order valence-electron chi connectivity index (χ3n) is 2.68. The van der Waals surface area contributed by atoms with Crippen LogP contribution in [0.3, 0.4) is 0 Å². The van der Waals surface area contributed by atoms with Gasteiger partial charge in [0.2, 0.25) is 0 Å². The molecule has 96 valence electrons. The number of halogens is 2. The molecule has 1 aromatic rings. The van der Waals surface area contributed by atoms with Crippen molar-refractivity contribution in [2.24, 2.45) is 0 Å². The molecule has 0 atom stereocenters. The van der Waals surface area contributed by atoms with Gasteiger partial charge in [-0.3, -0.25) is 0 Å². The summed E-state index contributed by atoms with van der Waals surface area (Å²) in [5, 5.41) is 3.35. The number of benzene rings is 1. The molecule has 0 bridgehead atoms. The van der Waals surface area contributed by atoms with Crippen LogP contribution in [-0.4, -0.2) is 12.6 Å². The average Bonchev–Trinajstić information content (AvgIpc) is 2.27. The summed E-state index contributed by atoms with van der Waals surface area (Å²) in [5.41, 5.74) is 0.876. The molecule has 0 aliphatic heterocycles. The largest absolute Gasteiger partial charge is 0.315 e. The van der Waals surface area contributed by atoms with E-state index in [2.05, 4.69) is 19.2 Å². The smallest absolute Gasteiger partial charge is 0.159 e. The van der Waals surface area contributed by atoms with Gasteiger partial charge in [-0.25, -0.2) is 8.78 Å². The summed E-state index contributed by atoms with van der Waals surface area (Å²) in [4.78, 5) is 0. The zero-order valence-electron chi connectivity index (χ0n) is 10.6. The molecule has 1 N–H and O–H groups in total. The molecule has 0 aromatic heterocycles. The fraction of sp³-hybridized carbons (Fsp3) is 0.571. The van der Waals surface area contributed by atoms with Crippen molar-refractivity contribution in [3.05, 3.63) is 35.4 Å². The Morgan fingerprint density at radius 1 is 1.06 bits per heavy atom. The fourth-order valence-corrected chi connectivity index (χ4v) is 1.72. The van der Waals surface area contributed by atoms with Crippen molar-refractivity contribution in [2.75, 3.05) is 6.54 Å². The van der Waals surface area contributed by atoms with Gasteiger partial charge in [-0.1, -0.05) is 26.3 Å². The second-order valence-corrected chi connectivity index (χ2v) is 4.67. The number of hydrogen-bond acceptors (Lipinski definition) is 1. The Bertz CT molecular complexity index is 337. The highest BCUT2D eigenvalue weighted by atomic mass is 19.2. The van der Waals surface area contributed by atoms with Crippen molar-refractivity contribution in [3.63, 3.8) is 0 Å². The third-order valence-corrected chi connectivity index (χ3v) is 2.68. The van der Waals surface area contributed by atoms with E-state index in [1.54, 1.807) is 6.07 Å². The highest BCUT2D eigenvalue weighted by Gasteiger charge is 2.02. The number of aryl methyl sites for hydroxylation is 1. The summed E-state index contributed by atoms with van der Waals surface area (Å²) >= 11 is 0. The topological polar surface area (TPSA) is 12.0 Å². The lowest BCUT2D eigenvalue weighted by Crippen LogP contribution is -2.23. The highest BCUT2D eigenvalue weighted by molar-refractivity contribution is 5.17. The standard InChI is InChI=1S/C14H21F2N/c1-11(2)17-9-5-3-4-6-12-7-8-13(15)14(16)10-12/h7-8,10-11,17H,3-6,9H2,1-2H3. The van der Waals surface area contributed by atoms with E-state index >= 15 is 0 Å². The zero-order chi connectivity index (χ0) is 12.7. The van der Waals surface area contributed by atoms with Crippen molar-refractivity contribution in [1.29, 1.82) is 0 Å². The van der Waals surface area contributed by atoms with E-state index < -0.39 is 11.6 Å². The molecular weight excluding hydrogens is 220 g/mol.